The number of amides is 2. The van der Waals surface area contributed by atoms with E-state index in [0.29, 0.717) is 32.5 Å². The van der Waals surface area contributed by atoms with Gasteiger partial charge in [0, 0.05) is 37.2 Å². The number of ether oxygens (including phenoxy) is 1. The van der Waals surface area contributed by atoms with Crippen molar-refractivity contribution in [1.29, 1.82) is 0 Å². The van der Waals surface area contributed by atoms with Crippen LogP contribution in [0, 0.1) is 0 Å². The summed E-state index contributed by atoms with van der Waals surface area (Å²) in [7, 11) is 0. The number of hydrogen-bond donors (Lipinski definition) is 2. The predicted molar refractivity (Wildman–Crippen MR) is 125 cm³/mol. The van der Waals surface area contributed by atoms with Gasteiger partial charge < -0.3 is 15.4 Å². The summed E-state index contributed by atoms with van der Waals surface area (Å²) in [5.74, 6) is 1.06. The van der Waals surface area contributed by atoms with Crippen LogP contribution in [0.2, 0.25) is 0 Å². The van der Waals surface area contributed by atoms with E-state index in [1.165, 1.54) is 0 Å². The van der Waals surface area contributed by atoms with E-state index in [1.807, 2.05) is 6.07 Å². The van der Waals surface area contributed by atoms with Gasteiger partial charge in [0.05, 0.1) is 13.2 Å². The molecule has 0 bridgehead atoms. The van der Waals surface area contributed by atoms with Crippen molar-refractivity contribution in [3.8, 4) is 5.75 Å². The number of benzene rings is 1. The molecule has 0 aromatic heterocycles. The zero-order valence-corrected chi connectivity index (χ0v) is 19.8. The van der Waals surface area contributed by atoms with Crippen LogP contribution in [-0.4, -0.2) is 48.5 Å². The van der Waals surface area contributed by atoms with Crippen LogP contribution >= 0.6 is 0 Å². The minimum Gasteiger partial charge on any atom is -0.493 e. The lowest BCUT2D eigenvalue weighted by Crippen LogP contribution is -2.40. The summed E-state index contributed by atoms with van der Waals surface area (Å²) < 4.78 is 6.11. The first kappa shape index (κ1) is 25.2. The van der Waals surface area contributed by atoms with Gasteiger partial charge in [-0.05, 0) is 64.0 Å². The van der Waals surface area contributed by atoms with Crippen LogP contribution in [0.5, 0.6) is 5.75 Å². The maximum atomic E-state index is 12.4. The van der Waals surface area contributed by atoms with E-state index >= 15 is 0 Å². The summed E-state index contributed by atoms with van der Waals surface area (Å²) in [6.07, 6.45) is 6.07. The Morgan fingerprint density at radius 3 is 2.65 bits per heavy atom. The first-order valence-corrected chi connectivity index (χ1v) is 12.0. The van der Waals surface area contributed by atoms with Crippen molar-refractivity contribution in [1.82, 2.24) is 15.5 Å². The molecule has 2 N–H and O–H groups in total. The Balaban J connectivity index is 2.13. The standard InChI is InChI=1S/C25H41N3O3/c1-5-22(6-2)27-24(29)13-11-20-10-12-23-21(16-20)17-28(19(3)4)18-25(30)26-14-8-7-9-15-31-23/h10,12,16,19,22H,5-9,11,13-15,17-18H2,1-4H3,(H,26,30)(H,27,29). The van der Waals surface area contributed by atoms with Gasteiger partial charge in [-0.2, -0.15) is 0 Å². The Labute approximate surface area is 188 Å². The van der Waals surface area contributed by atoms with Crippen LogP contribution in [0.15, 0.2) is 18.2 Å². The molecule has 6 heteroatoms. The molecule has 31 heavy (non-hydrogen) atoms. The maximum absolute atomic E-state index is 12.4. The number of hydrogen-bond acceptors (Lipinski definition) is 4. The number of carbonyl (C=O) groups excluding carboxylic acids is 2. The molecule has 2 rings (SSSR count). The van der Waals surface area contributed by atoms with Crippen LogP contribution in [0.3, 0.4) is 0 Å². The average molecular weight is 432 g/mol. The van der Waals surface area contributed by atoms with Gasteiger partial charge in [-0.1, -0.05) is 26.0 Å². The van der Waals surface area contributed by atoms with Gasteiger partial charge in [-0.3, -0.25) is 14.5 Å². The highest BCUT2D eigenvalue weighted by atomic mass is 16.5. The molecule has 1 aliphatic rings. The van der Waals surface area contributed by atoms with Crippen LogP contribution in [0.4, 0.5) is 0 Å². The van der Waals surface area contributed by atoms with Gasteiger partial charge in [0.15, 0.2) is 0 Å². The zero-order valence-electron chi connectivity index (χ0n) is 19.8. The number of rotatable bonds is 7. The van der Waals surface area contributed by atoms with Crippen molar-refractivity contribution in [3.63, 3.8) is 0 Å². The normalized spacial score (nSPS) is 16.5. The largest absolute Gasteiger partial charge is 0.493 e. The van der Waals surface area contributed by atoms with Gasteiger partial charge in [0.25, 0.3) is 0 Å². The molecule has 0 atom stereocenters. The smallest absolute Gasteiger partial charge is 0.234 e. The first-order valence-electron chi connectivity index (χ1n) is 12.0. The van der Waals surface area contributed by atoms with Gasteiger partial charge in [0.1, 0.15) is 5.75 Å². The van der Waals surface area contributed by atoms with E-state index in [9.17, 15) is 9.59 Å². The zero-order chi connectivity index (χ0) is 22.6. The van der Waals surface area contributed by atoms with Gasteiger partial charge in [-0.15, -0.1) is 0 Å². The molecule has 0 saturated heterocycles. The Morgan fingerprint density at radius 2 is 1.94 bits per heavy atom. The summed E-state index contributed by atoms with van der Waals surface area (Å²) >= 11 is 0. The van der Waals surface area contributed by atoms with Crippen molar-refractivity contribution in [2.75, 3.05) is 19.7 Å². The predicted octanol–water partition coefficient (Wildman–Crippen LogP) is 3.81. The van der Waals surface area contributed by atoms with Crippen LogP contribution < -0.4 is 15.4 Å². The molecule has 174 valence electrons. The molecule has 1 aromatic rings. The SMILES string of the molecule is CCC(CC)NC(=O)CCc1ccc2c(c1)CN(C(C)C)CC(=O)NCCCCCO2. The molecule has 0 aliphatic carbocycles. The highest BCUT2D eigenvalue weighted by Crippen LogP contribution is 2.24. The molecule has 0 unspecified atom stereocenters. The molecule has 1 aliphatic heterocycles. The second-order valence-corrected chi connectivity index (χ2v) is 8.78. The minimum atomic E-state index is 0.0737. The topological polar surface area (TPSA) is 70.7 Å². The van der Waals surface area contributed by atoms with E-state index in [1.54, 1.807) is 0 Å². The second kappa shape index (κ2) is 13.4. The van der Waals surface area contributed by atoms with Crippen molar-refractivity contribution in [2.24, 2.45) is 0 Å². The Bertz CT molecular complexity index is 701. The van der Waals surface area contributed by atoms with E-state index in [-0.39, 0.29) is 23.9 Å². The van der Waals surface area contributed by atoms with Crippen LogP contribution in [-0.2, 0) is 22.6 Å². The fourth-order valence-electron chi connectivity index (χ4n) is 3.80. The number of fused-ring (bicyclic) bond motifs is 1. The minimum absolute atomic E-state index is 0.0737. The van der Waals surface area contributed by atoms with Crippen molar-refractivity contribution < 1.29 is 14.3 Å². The highest BCUT2D eigenvalue weighted by molar-refractivity contribution is 5.78. The average Bonchev–Trinajstić information content (AvgIpc) is 2.76. The Morgan fingerprint density at radius 1 is 1.16 bits per heavy atom. The van der Waals surface area contributed by atoms with Gasteiger partial charge >= 0.3 is 0 Å². The van der Waals surface area contributed by atoms with E-state index in [0.717, 1.165) is 55.5 Å². The third-order valence-corrected chi connectivity index (χ3v) is 5.97. The van der Waals surface area contributed by atoms with E-state index < -0.39 is 0 Å². The van der Waals surface area contributed by atoms with Crippen LogP contribution in [0.25, 0.3) is 0 Å². The molecule has 2 amide bonds. The van der Waals surface area contributed by atoms with Crippen molar-refractivity contribution >= 4 is 11.8 Å². The molecule has 0 radical (unpaired) electrons. The molecule has 0 saturated carbocycles. The van der Waals surface area contributed by atoms with Crippen molar-refractivity contribution in [2.45, 2.75) is 91.3 Å². The fraction of sp³-hybridized carbons (Fsp3) is 0.680. The van der Waals surface area contributed by atoms with Gasteiger partial charge in [-0.25, -0.2) is 0 Å². The number of nitrogens with one attached hydrogen (secondary N) is 2. The third kappa shape index (κ3) is 8.90. The number of carbonyl (C=O) groups is 2. The second-order valence-electron chi connectivity index (χ2n) is 8.78. The lowest BCUT2D eigenvalue weighted by Gasteiger charge is -2.27. The summed E-state index contributed by atoms with van der Waals surface area (Å²) in [5.41, 5.74) is 2.21. The molecule has 0 spiro atoms. The highest BCUT2D eigenvalue weighted by Gasteiger charge is 2.18. The molecule has 0 fully saturated rings. The molecular weight excluding hydrogens is 390 g/mol. The lowest BCUT2D eigenvalue weighted by molar-refractivity contribution is -0.123. The number of aryl methyl sites for hydroxylation is 1. The molecule has 6 nitrogen and oxygen atoms in total. The summed E-state index contributed by atoms with van der Waals surface area (Å²) in [6.45, 7) is 10.8. The Kier molecular flexibility index (Phi) is 10.9. The van der Waals surface area contributed by atoms with E-state index in [2.05, 4.69) is 55.4 Å². The number of nitrogens with zero attached hydrogens (tertiary/aromatic N) is 1. The fourth-order valence-corrected chi connectivity index (χ4v) is 3.80. The molecule has 1 heterocycles. The van der Waals surface area contributed by atoms with E-state index in [4.69, 9.17) is 4.74 Å². The van der Waals surface area contributed by atoms with Crippen LogP contribution in [0.1, 0.15) is 77.3 Å². The summed E-state index contributed by atoms with van der Waals surface area (Å²) in [6, 6.07) is 6.73. The van der Waals surface area contributed by atoms with Gasteiger partial charge in [0.2, 0.25) is 11.8 Å². The summed E-state index contributed by atoms with van der Waals surface area (Å²) in [4.78, 5) is 26.8. The summed E-state index contributed by atoms with van der Waals surface area (Å²) in [5, 5.41) is 6.14. The Hall–Kier alpha value is -2.08. The molecule has 1 aromatic carbocycles. The maximum Gasteiger partial charge on any atom is 0.234 e. The first-order chi connectivity index (χ1) is 14.9. The monoisotopic (exact) mass is 431 g/mol. The quantitative estimate of drug-likeness (QED) is 0.689. The van der Waals surface area contributed by atoms with Crippen molar-refractivity contribution in [3.05, 3.63) is 29.3 Å². The molecular formula is C25H41N3O3. The third-order valence-electron chi connectivity index (χ3n) is 5.97. The lowest BCUT2D eigenvalue weighted by atomic mass is 10.0.